The first kappa shape index (κ1) is 21.0. The molecule has 0 aliphatic carbocycles. The number of rotatable bonds is 9. The minimum Gasteiger partial charge on any atom is -0.480 e. The molecule has 0 aliphatic rings. The first-order valence-electron chi connectivity index (χ1n) is 8.72. The second kappa shape index (κ2) is 9.17. The third-order valence-corrected chi connectivity index (χ3v) is 3.81. The molecule has 3 aromatic rings. The van der Waals surface area contributed by atoms with Gasteiger partial charge in [-0.2, -0.15) is 15.0 Å². The molecule has 0 bridgehead atoms. The zero-order valence-electron chi connectivity index (χ0n) is 15.7. The fourth-order valence-corrected chi connectivity index (χ4v) is 2.37. The summed E-state index contributed by atoms with van der Waals surface area (Å²) in [5.41, 5.74) is 1.21. The average Bonchev–Trinajstić information content (AvgIpc) is 2.73. The van der Waals surface area contributed by atoms with Crippen LogP contribution in [-0.2, 0) is 4.79 Å². The van der Waals surface area contributed by atoms with Crippen LogP contribution in [0, 0.1) is 0 Å². The molecule has 0 saturated heterocycles. The lowest BCUT2D eigenvalue weighted by molar-refractivity contribution is -0.134. The van der Waals surface area contributed by atoms with E-state index >= 15 is 0 Å². The number of nitrogens with zero attached hydrogens (tertiary/aromatic N) is 3. The number of hydrogen-bond donors (Lipinski definition) is 6. The molecule has 0 radical (unpaired) electrons. The van der Waals surface area contributed by atoms with Gasteiger partial charge in [0.15, 0.2) is 0 Å². The zero-order chi connectivity index (χ0) is 22.4. The minimum absolute atomic E-state index is 0.0216. The van der Waals surface area contributed by atoms with Gasteiger partial charge in [-0.3, -0.25) is 4.79 Å². The zero-order valence-corrected chi connectivity index (χ0v) is 15.7. The van der Waals surface area contributed by atoms with Crippen LogP contribution in [0.15, 0.2) is 48.5 Å². The van der Waals surface area contributed by atoms with E-state index in [-0.39, 0.29) is 29.0 Å². The fraction of sp³-hybridized carbons (Fsp3) is 0.0526. The highest BCUT2D eigenvalue weighted by Crippen LogP contribution is 2.19. The summed E-state index contributed by atoms with van der Waals surface area (Å²) in [7, 11) is 0. The summed E-state index contributed by atoms with van der Waals surface area (Å²) in [6.07, 6.45) is 0. The molecule has 2 aromatic carbocycles. The van der Waals surface area contributed by atoms with Crippen molar-refractivity contribution >= 4 is 47.1 Å². The molecule has 12 heteroatoms. The maximum absolute atomic E-state index is 11.0. The number of aromatic nitrogens is 3. The van der Waals surface area contributed by atoms with E-state index in [4.69, 9.17) is 15.3 Å². The third kappa shape index (κ3) is 5.87. The van der Waals surface area contributed by atoms with Crippen LogP contribution in [0.1, 0.15) is 20.7 Å². The van der Waals surface area contributed by atoms with E-state index in [9.17, 15) is 14.4 Å². The maximum atomic E-state index is 11.0. The lowest BCUT2D eigenvalue weighted by Gasteiger charge is -2.11. The molecule has 0 amide bonds. The molecule has 31 heavy (non-hydrogen) atoms. The third-order valence-electron chi connectivity index (χ3n) is 3.81. The molecule has 0 spiro atoms. The van der Waals surface area contributed by atoms with Gasteiger partial charge in [-0.15, -0.1) is 0 Å². The molecule has 158 valence electrons. The molecular formula is C19H16N6O6. The molecule has 0 aliphatic heterocycles. The Morgan fingerprint density at radius 1 is 0.645 bits per heavy atom. The van der Waals surface area contributed by atoms with Gasteiger partial charge in [0, 0.05) is 11.4 Å². The molecule has 0 saturated carbocycles. The molecule has 12 nitrogen and oxygen atoms in total. The topological polar surface area (TPSA) is 187 Å². The second-order valence-corrected chi connectivity index (χ2v) is 6.07. The summed E-state index contributed by atoms with van der Waals surface area (Å²) in [6, 6.07) is 11.7. The molecule has 3 rings (SSSR count). The summed E-state index contributed by atoms with van der Waals surface area (Å²) in [5, 5.41) is 35.1. The first-order valence-corrected chi connectivity index (χ1v) is 8.72. The van der Waals surface area contributed by atoms with Gasteiger partial charge in [-0.25, -0.2) is 9.59 Å². The van der Waals surface area contributed by atoms with Crippen molar-refractivity contribution in [2.75, 3.05) is 22.5 Å². The highest BCUT2D eigenvalue weighted by molar-refractivity contribution is 5.88. The van der Waals surface area contributed by atoms with Crippen LogP contribution in [0.25, 0.3) is 0 Å². The van der Waals surface area contributed by atoms with Crippen LogP contribution in [0.2, 0.25) is 0 Å². The summed E-state index contributed by atoms with van der Waals surface area (Å²) in [4.78, 5) is 45.2. The molecule has 0 fully saturated rings. The van der Waals surface area contributed by atoms with Crippen molar-refractivity contribution in [2.45, 2.75) is 0 Å². The normalized spacial score (nSPS) is 10.2. The quantitative estimate of drug-likeness (QED) is 0.294. The van der Waals surface area contributed by atoms with Crippen molar-refractivity contribution in [1.82, 2.24) is 15.0 Å². The van der Waals surface area contributed by atoms with Crippen LogP contribution in [0.3, 0.4) is 0 Å². The SMILES string of the molecule is O=C(O)CNc1nc(Nc2ccc(C(=O)O)cc2)nc(Nc2ccc(C(=O)O)cc2)n1. The molecule has 0 unspecified atom stereocenters. The number of hydrogen-bond acceptors (Lipinski definition) is 9. The summed E-state index contributed by atoms with van der Waals surface area (Å²) in [5.74, 6) is -3.13. The van der Waals surface area contributed by atoms with Crippen LogP contribution in [-0.4, -0.2) is 54.7 Å². The van der Waals surface area contributed by atoms with Crippen LogP contribution < -0.4 is 16.0 Å². The van der Waals surface area contributed by atoms with Gasteiger partial charge in [0.05, 0.1) is 11.1 Å². The van der Waals surface area contributed by atoms with Crippen molar-refractivity contribution in [2.24, 2.45) is 0 Å². The highest BCUT2D eigenvalue weighted by atomic mass is 16.4. The number of anilines is 5. The average molecular weight is 424 g/mol. The van der Waals surface area contributed by atoms with Gasteiger partial charge in [-0.05, 0) is 48.5 Å². The number of nitrogens with one attached hydrogen (secondary N) is 3. The number of carboxylic acid groups (broad SMARTS) is 3. The summed E-state index contributed by atoms with van der Waals surface area (Å²) >= 11 is 0. The minimum atomic E-state index is -1.11. The monoisotopic (exact) mass is 424 g/mol. The van der Waals surface area contributed by atoms with E-state index in [1.54, 1.807) is 0 Å². The molecular weight excluding hydrogens is 408 g/mol. The first-order chi connectivity index (χ1) is 14.8. The van der Waals surface area contributed by atoms with Gasteiger partial charge >= 0.3 is 17.9 Å². The predicted octanol–water partition coefficient (Wildman–Crippen LogP) is 2.25. The second-order valence-electron chi connectivity index (χ2n) is 6.07. The van der Waals surface area contributed by atoms with E-state index in [2.05, 4.69) is 30.9 Å². The van der Waals surface area contributed by atoms with Crippen LogP contribution in [0.4, 0.5) is 29.2 Å². The molecule has 6 N–H and O–H groups in total. The Morgan fingerprint density at radius 3 is 1.39 bits per heavy atom. The van der Waals surface area contributed by atoms with E-state index in [1.807, 2.05) is 0 Å². The Kier molecular flexibility index (Phi) is 6.21. The van der Waals surface area contributed by atoms with Gasteiger partial charge in [0.1, 0.15) is 6.54 Å². The van der Waals surface area contributed by atoms with Gasteiger partial charge in [0.2, 0.25) is 17.8 Å². The lowest BCUT2D eigenvalue weighted by atomic mass is 10.2. The van der Waals surface area contributed by atoms with Crippen molar-refractivity contribution in [3.63, 3.8) is 0 Å². The number of carbonyl (C=O) groups is 3. The lowest BCUT2D eigenvalue weighted by Crippen LogP contribution is -2.16. The Balaban J connectivity index is 1.85. The van der Waals surface area contributed by atoms with Gasteiger partial charge in [-0.1, -0.05) is 0 Å². The van der Waals surface area contributed by atoms with Crippen LogP contribution >= 0.6 is 0 Å². The van der Waals surface area contributed by atoms with E-state index in [0.717, 1.165) is 0 Å². The Labute approximate surface area is 174 Å². The Morgan fingerprint density at radius 2 is 1.03 bits per heavy atom. The smallest absolute Gasteiger partial charge is 0.335 e. The molecule has 1 heterocycles. The Hall–Kier alpha value is -4.74. The van der Waals surface area contributed by atoms with Crippen molar-refractivity contribution in [3.05, 3.63) is 59.7 Å². The largest absolute Gasteiger partial charge is 0.480 e. The number of benzene rings is 2. The van der Waals surface area contributed by atoms with Gasteiger partial charge in [0.25, 0.3) is 0 Å². The molecule has 0 atom stereocenters. The highest BCUT2D eigenvalue weighted by Gasteiger charge is 2.10. The molecule has 1 aromatic heterocycles. The van der Waals surface area contributed by atoms with E-state index < -0.39 is 24.5 Å². The Bertz CT molecular complexity index is 1040. The number of carboxylic acids is 3. The van der Waals surface area contributed by atoms with E-state index in [1.165, 1.54) is 48.5 Å². The predicted molar refractivity (Wildman–Crippen MR) is 109 cm³/mol. The van der Waals surface area contributed by atoms with Crippen molar-refractivity contribution in [3.8, 4) is 0 Å². The number of aliphatic carboxylic acids is 1. The summed E-state index contributed by atoms with van der Waals surface area (Å²) in [6.45, 7) is -0.427. The summed E-state index contributed by atoms with van der Waals surface area (Å²) < 4.78 is 0. The van der Waals surface area contributed by atoms with Crippen molar-refractivity contribution in [1.29, 1.82) is 0 Å². The maximum Gasteiger partial charge on any atom is 0.335 e. The number of aromatic carboxylic acids is 2. The van der Waals surface area contributed by atoms with Gasteiger partial charge < -0.3 is 31.3 Å². The van der Waals surface area contributed by atoms with Crippen LogP contribution in [0.5, 0.6) is 0 Å². The standard InChI is InChI=1S/C19H16N6O6/c26-14(27)9-20-17-23-18(21-12-5-1-10(2-6-12)15(28)29)25-19(24-17)22-13-7-3-11(4-8-13)16(30)31/h1-8H,9H2,(H,26,27)(H,28,29)(H,30,31)(H3,20,21,22,23,24,25). The van der Waals surface area contributed by atoms with E-state index in [0.29, 0.717) is 11.4 Å². The fourth-order valence-electron chi connectivity index (χ4n) is 2.37. The van der Waals surface area contributed by atoms with Crippen molar-refractivity contribution < 1.29 is 29.7 Å².